The highest BCUT2D eigenvalue weighted by Gasteiger charge is 2.29. The smallest absolute Gasteiger partial charge is 0.268 e. The minimum atomic E-state index is -4.02. The number of amides is 1. The number of rotatable bonds is 8. The second-order valence-corrected chi connectivity index (χ2v) is 9.04. The molecule has 9 nitrogen and oxygen atoms in total. The fourth-order valence-corrected chi connectivity index (χ4v) is 4.63. The molecule has 1 aliphatic heterocycles. The Morgan fingerprint density at radius 2 is 1.68 bits per heavy atom. The first kappa shape index (κ1) is 23.1. The number of sulfonamides is 1. The van der Waals surface area contributed by atoms with Gasteiger partial charge < -0.3 is 19.6 Å². The lowest BCUT2D eigenvalue weighted by Gasteiger charge is -2.15. The predicted octanol–water partition coefficient (Wildman–Crippen LogP) is 3.64. The van der Waals surface area contributed by atoms with Crippen LogP contribution in [-0.4, -0.2) is 40.4 Å². The van der Waals surface area contributed by atoms with Crippen LogP contribution in [-0.2, 0) is 19.7 Å². The second kappa shape index (κ2) is 9.84. The fraction of sp³-hybridized carbons (Fsp3) is 0.167. The highest BCUT2D eigenvalue weighted by Crippen LogP contribution is 2.30. The summed E-state index contributed by atoms with van der Waals surface area (Å²) in [7, 11) is -1.13. The molecule has 3 aromatic carbocycles. The summed E-state index contributed by atoms with van der Waals surface area (Å²) in [4.78, 5) is 17.9. The molecule has 3 aromatic rings. The first-order chi connectivity index (χ1) is 16.4. The van der Waals surface area contributed by atoms with Crippen molar-refractivity contribution in [2.45, 2.75) is 17.4 Å². The first-order valence-corrected chi connectivity index (χ1v) is 11.8. The number of nitrogens with zero attached hydrogens (tertiary/aromatic N) is 1. The molecule has 2 N–H and O–H groups in total. The van der Waals surface area contributed by atoms with Gasteiger partial charge in [0, 0.05) is 17.8 Å². The average molecular weight is 482 g/mol. The molecule has 10 heteroatoms. The molecule has 1 aliphatic rings. The van der Waals surface area contributed by atoms with Crippen molar-refractivity contribution < 1.29 is 27.5 Å². The van der Waals surface area contributed by atoms with E-state index in [1.54, 1.807) is 30.3 Å². The fourth-order valence-electron chi connectivity index (χ4n) is 3.38. The van der Waals surface area contributed by atoms with Crippen LogP contribution in [0.4, 0.5) is 11.4 Å². The maximum absolute atomic E-state index is 13.1. The molecule has 0 saturated carbocycles. The van der Waals surface area contributed by atoms with Gasteiger partial charge in [-0.1, -0.05) is 35.5 Å². The van der Waals surface area contributed by atoms with Gasteiger partial charge in [-0.15, -0.1) is 0 Å². The normalized spacial score (nSPS) is 15.1. The lowest BCUT2D eigenvalue weighted by molar-refractivity contribution is -0.125. The first-order valence-electron chi connectivity index (χ1n) is 10.3. The Labute approximate surface area is 197 Å². The largest absolute Gasteiger partial charge is 0.497 e. The molecule has 0 saturated heterocycles. The Balaban J connectivity index is 1.49. The van der Waals surface area contributed by atoms with E-state index in [1.807, 2.05) is 30.3 Å². The van der Waals surface area contributed by atoms with Crippen molar-refractivity contribution in [3.63, 3.8) is 0 Å². The standard InChI is InChI=1S/C24H23N3O6S/c1-31-19-11-8-17(9-12-19)27-34(29,30)23-14-18(10-13-21(23)32-2)25-24(28)22-15-20(26-33-22)16-6-4-3-5-7-16/h3-14,22,27H,15H2,1-2H3,(H,25,28). The monoisotopic (exact) mass is 481 g/mol. The van der Waals surface area contributed by atoms with Crippen molar-refractivity contribution in [2.24, 2.45) is 5.16 Å². The number of oxime groups is 1. The SMILES string of the molecule is COc1ccc(NS(=O)(=O)c2cc(NC(=O)C3CC(c4ccccc4)=NO3)ccc2OC)cc1. The molecule has 0 fully saturated rings. The van der Waals surface area contributed by atoms with Crippen LogP contribution in [0.3, 0.4) is 0 Å². The van der Waals surface area contributed by atoms with Crippen LogP contribution < -0.4 is 19.5 Å². The van der Waals surface area contributed by atoms with Crippen molar-refractivity contribution >= 4 is 33.0 Å². The van der Waals surface area contributed by atoms with E-state index in [0.717, 1.165) is 5.56 Å². The Morgan fingerprint density at radius 3 is 2.35 bits per heavy atom. The summed E-state index contributed by atoms with van der Waals surface area (Å²) in [6.45, 7) is 0. The van der Waals surface area contributed by atoms with Gasteiger partial charge in [-0.05, 0) is 48.0 Å². The molecular weight excluding hydrogens is 458 g/mol. The third-order valence-electron chi connectivity index (χ3n) is 5.13. The van der Waals surface area contributed by atoms with Gasteiger partial charge in [0.05, 0.1) is 19.9 Å². The van der Waals surface area contributed by atoms with Gasteiger partial charge in [-0.25, -0.2) is 8.42 Å². The highest BCUT2D eigenvalue weighted by atomic mass is 32.2. The number of hydrogen-bond donors (Lipinski definition) is 2. The maximum atomic E-state index is 13.1. The van der Waals surface area contributed by atoms with E-state index in [2.05, 4.69) is 15.2 Å². The van der Waals surface area contributed by atoms with Gasteiger partial charge in [0.15, 0.2) is 0 Å². The Morgan fingerprint density at radius 1 is 0.971 bits per heavy atom. The lowest BCUT2D eigenvalue weighted by Crippen LogP contribution is -2.28. The maximum Gasteiger partial charge on any atom is 0.268 e. The minimum absolute atomic E-state index is 0.128. The van der Waals surface area contributed by atoms with Crippen LogP contribution in [0.5, 0.6) is 11.5 Å². The number of carbonyl (C=O) groups is 1. The molecule has 0 aromatic heterocycles. The van der Waals surface area contributed by atoms with Crippen molar-refractivity contribution in [3.8, 4) is 11.5 Å². The molecule has 34 heavy (non-hydrogen) atoms. The number of carbonyl (C=O) groups excluding carboxylic acids is 1. The third kappa shape index (κ3) is 5.12. The molecule has 0 spiro atoms. The molecule has 1 unspecified atom stereocenters. The van der Waals surface area contributed by atoms with E-state index in [1.165, 1.54) is 26.4 Å². The van der Waals surface area contributed by atoms with E-state index in [-0.39, 0.29) is 16.3 Å². The molecule has 1 atom stereocenters. The molecule has 0 radical (unpaired) electrons. The quantitative estimate of drug-likeness (QED) is 0.508. The van der Waals surface area contributed by atoms with Crippen LogP contribution in [0.15, 0.2) is 82.8 Å². The number of benzene rings is 3. The van der Waals surface area contributed by atoms with Crippen molar-refractivity contribution in [3.05, 3.63) is 78.4 Å². The van der Waals surface area contributed by atoms with Crippen LogP contribution >= 0.6 is 0 Å². The van der Waals surface area contributed by atoms with Gasteiger partial charge in [0.2, 0.25) is 6.10 Å². The van der Waals surface area contributed by atoms with Gasteiger partial charge in [-0.2, -0.15) is 0 Å². The average Bonchev–Trinajstić information content (AvgIpc) is 3.35. The van der Waals surface area contributed by atoms with Crippen LogP contribution in [0, 0.1) is 0 Å². The van der Waals surface area contributed by atoms with Gasteiger partial charge >= 0.3 is 0 Å². The summed E-state index contributed by atoms with van der Waals surface area (Å²) in [6, 6.07) is 20.2. The van der Waals surface area contributed by atoms with Gasteiger partial charge in [0.1, 0.15) is 16.4 Å². The molecule has 0 aliphatic carbocycles. The van der Waals surface area contributed by atoms with Crippen LogP contribution in [0.2, 0.25) is 0 Å². The zero-order valence-electron chi connectivity index (χ0n) is 18.5. The molecule has 4 rings (SSSR count). The number of ether oxygens (including phenoxy) is 2. The zero-order valence-corrected chi connectivity index (χ0v) is 19.3. The number of methoxy groups -OCH3 is 2. The number of anilines is 2. The second-order valence-electron chi connectivity index (χ2n) is 7.39. The summed E-state index contributed by atoms with van der Waals surface area (Å²) < 4.78 is 38.9. The lowest BCUT2D eigenvalue weighted by atomic mass is 10.0. The topological polar surface area (TPSA) is 115 Å². The van der Waals surface area contributed by atoms with E-state index >= 15 is 0 Å². The Kier molecular flexibility index (Phi) is 6.69. The van der Waals surface area contributed by atoms with E-state index < -0.39 is 22.0 Å². The van der Waals surface area contributed by atoms with Crippen molar-refractivity contribution in [1.29, 1.82) is 0 Å². The van der Waals surface area contributed by atoms with Crippen molar-refractivity contribution in [2.75, 3.05) is 24.3 Å². The highest BCUT2D eigenvalue weighted by molar-refractivity contribution is 7.92. The number of hydrogen-bond acceptors (Lipinski definition) is 7. The third-order valence-corrected chi connectivity index (χ3v) is 6.53. The molecule has 176 valence electrons. The van der Waals surface area contributed by atoms with E-state index in [9.17, 15) is 13.2 Å². The summed E-state index contributed by atoms with van der Waals surface area (Å²) in [5, 5.41) is 6.71. The minimum Gasteiger partial charge on any atom is -0.497 e. The van der Waals surface area contributed by atoms with E-state index in [0.29, 0.717) is 23.6 Å². The van der Waals surface area contributed by atoms with E-state index in [4.69, 9.17) is 14.3 Å². The molecular formula is C24H23N3O6S. The van der Waals surface area contributed by atoms with Gasteiger partial charge in [0.25, 0.3) is 15.9 Å². The van der Waals surface area contributed by atoms with Gasteiger partial charge in [-0.3, -0.25) is 9.52 Å². The van der Waals surface area contributed by atoms with Crippen LogP contribution in [0.25, 0.3) is 0 Å². The summed E-state index contributed by atoms with van der Waals surface area (Å²) >= 11 is 0. The Hall–Kier alpha value is -4.05. The molecule has 1 heterocycles. The molecule has 0 bridgehead atoms. The zero-order chi connectivity index (χ0) is 24.1. The van der Waals surface area contributed by atoms with Crippen LogP contribution in [0.1, 0.15) is 12.0 Å². The Bertz CT molecular complexity index is 1310. The summed E-state index contributed by atoms with van der Waals surface area (Å²) in [5.74, 6) is 0.288. The number of nitrogens with one attached hydrogen (secondary N) is 2. The summed E-state index contributed by atoms with van der Waals surface area (Å²) in [5.41, 5.74) is 2.17. The van der Waals surface area contributed by atoms with Crippen molar-refractivity contribution in [1.82, 2.24) is 0 Å². The molecule has 1 amide bonds. The predicted molar refractivity (Wildman–Crippen MR) is 128 cm³/mol. The summed E-state index contributed by atoms with van der Waals surface area (Å²) in [6.07, 6.45) is -0.523.